The van der Waals surface area contributed by atoms with E-state index < -0.39 is 0 Å². The maximum atomic E-state index is 11.8. The van der Waals surface area contributed by atoms with E-state index >= 15 is 0 Å². The van der Waals surface area contributed by atoms with E-state index in [0.717, 1.165) is 43.6 Å². The van der Waals surface area contributed by atoms with Gasteiger partial charge in [0, 0.05) is 6.42 Å². The summed E-state index contributed by atoms with van der Waals surface area (Å²) in [5.74, 6) is 0.322. The van der Waals surface area contributed by atoms with E-state index in [1.165, 1.54) is 17.9 Å². The van der Waals surface area contributed by atoms with Crippen LogP contribution in [0.3, 0.4) is 0 Å². The number of hydrogen-bond acceptors (Lipinski definition) is 5. The van der Waals surface area contributed by atoms with Crippen molar-refractivity contribution in [1.29, 1.82) is 0 Å². The predicted molar refractivity (Wildman–Crippen MR) is 92.2 cm³/mol. The summed E-state index contributed by atoms with van der Waals surface area (Å²) in [6.45, 7) is 13.3. The molecule has 1 aliphatic rings. The van der Waals surface area contributed by atoms with Crippen molar-refractivity contribution in [2.24, 2.45) is 0 Å². The molecule has 5 nitrogen and oxygen atoms in total. The maximum absolute atomic E-state index is 11.8. The normalized spacial score (nSPS) is 14.2. The first-order chi connectivity index (χ1) is 11.0. The second kappa shape index (κ2) is 10.9. The quantitative estimate of drug-likeness (QED) is 0.439. The van der Waals surface area contributed by atoms with Crippen LogP contribution in [0.2, 0.25) is 0 Å². The van der Waals surface area contributed by atoms with Gasteiger partial charge in [0.05, 0.1) is 30.2 Å². The lowest BCUT2D eigenvalue weighted by molar-refractivity contribution is -0.172. The van der Waals surface area contributed by atoms with Crippen LogP contribution in [0.5, 0.6) is 0 Å². The van der Waals surface area contributed by atoms with Gasteiger partial charge in [0.2, 0.25) is 0 Å². The molecule has 0 amide bonds. The van der Waals surface area contributed by atoms with E-state index in [1.807, 2.05) is 7.05 Å². The van der Waals surface area contributed by atoms with Crippen molar-refractivity contribution in [3.63, 3.8) is 0 Å². The Labute approximate surface area is 140 Å². The molecule has 1 rings (SSSR count). The Morgan fingerprint density at radius 3 is 2.43 bits per heavy atom. The van der Waals surface area contributed by atoms with Crippen molar-refractivity contribution >= 4 is 5.97 Å². The van der Waals surface area contributed by atoms with Gasteiger partial charge in [0.1, 0.15) is 0 Å². The van der Waals surface area contributed by atoms with Crippen molar-refractivity contribution < 1.29 is 14.4 Å². The van der Waals surface area contributed by atoms with Crippen LogP contribution in [-0.4, -0.2) is 31.2 Å². The van der Waals surface area contributed by atoms with Gasteiger partial charge in [-0.3, -0.25) is 0 Å². The SMILES string of the molecule is C=C(CCC(=O)ON1C(=C)CCC1=C)OCCCCCCNC. The molecule has 0 unspecified atom stereocenters. The topological polar surface area (TPSA) is 50.8 Å². The van der Waals surface area contributed by atoms with Gasteiger partial charge >= 0.3 is 5.97 Å². The van der Waals surface area contributed by atoms with Crippen LogP contribution >= 0.6 is 0 Å². The summed E-state index contributed by atoms with van der Waals surface area (Å²) >= 11 is 0. The van der Waals surface area contributed by atoms with Crippen LogP contribution in [0.25, 0.3) is 0 Å². The Balaban J connectivity index is 2.05. The molecule has 0 radical (unpaired) electrons. The Bertz CT molecular complexity index is 416. The van der Waals surface area contributed by atoms with Crippen molar-refractivity contribution in [1.82, 2.24) is 10.4 Å². The summed E-state index contributed by atoms with van der Waals surface area (Å²) < 4.78 is 5.54. The van der Waals surface area contributed by atoms with Crippen LogP contribution in [0.1, 0.15) is 51.4 Å². The minimum atomic E-state index is -0.314. The Hall–Kier alpha value is -1.75. The van der Waals surface area contributed by atoms with Crippen LogP contribution in [0.15, 0.2) is 36.9 Å². The van der Waals surface area contributed by atoms with Crippen molar-refractivity contribution in [2.75, 3.05) is 20.2 Å². The van der Waals surface area contributed by atoms with Gasteiger partial charge in [-0.25, -0.2) is 4.79 Å². The third-order valence-electron chi connectivity index (χ3n) is 3.70. The minimum absolute atomic E-state index is 0.248. The molecule has 0 saturated carbocycles. The molecule has 1 heterocycles. The largest absolute Gasteiger partial charge is 0.499 e. The second-order valence-electron chi connectivity index (χ2n) is 5.80. The number of hydrogen-bond donors (Lipinski definition) is 1. The van der Waals surface area contributed by atoms with Crippen molar-refractivity contribution in [3.8, 4) is 0 Å². The molecule has 0 aromatic rings. The van der Waals surface area contributed by atoms with Gasteiger partial charge in [-0.1, -0.05) is 32.6 Å². The third kappa shape index (κ3) is 7.88. The molecule has 0 bridgehead atoms. The van der Waals surface area contributed by atoms with Crippen LogP contribution in [0.4, 0.5) is 0 Å². The summed E-state index contributed by atoms with van der Waals surface area (Å²) in [5, 5.41) is 4.57. The molecule has 0 spiro atoms. The van der Waals surface area contributed by atoms with Crippen molar-refractivity contribution in [3.05, 3.63) is 36.9 Å². The fraction of sp³-hybridized carbons (Fsp3) is 0.611. The lowest BCUT2D eigenvalue weighted by atomic mass is 10.2. The standard InChI is InChI=1S/C18H30N2O3/c1-15-9-10-16(2)20(15)23-18(21)12-11-17(3)22-14-8-6-5-7-13-19-4/h19H,1-3,5-14H2,4H3. The second-order valence-corrected chi connectivity index (χ2v) is 5.80. The molecule has 1 fully saturated rings. The number of hydroxylamine groups is 2. The van der Waals surface area contributed by atoms with Crippen molar-refractivity contribution in [2.45, 2.75) is 51.4 Å². The average molecular weight is 322 g/mol. The number of carbonyl (C=O) groups excluding carboxylic acids is 1. The lowest BCUT2D eigenvalue weighted by Gasteiger charge is -2.19. The number of unbranched alkanes of at least 4 members (excludes halogenated alkanes) is 3. The molecule has 0 aromatic heterocycles. The Kier molecular flexibility index (Phi) is 9.14. The van der Waals surface area contributed by atoms with Gasteiger partial charge in [0.15, 0.2) is 0 Å². The molecule has 0 aliphatic carbocycles. The number of rotatable bonds is 12. The van der Waals surface area contributed by atoms with Gasteiger partial charge in [0.25, 0.3) is 0 Å². The highest BCUT2D eigenvalue weighted by molar-refractivity contribution is 5.69. The number of nitrogens with one attached hydrogen (secondary N) is 1. The minimum Gasteiger partial charge on any atom is -0.499 e. The molecule has 0 atom stereocenters. The number of carbonyl (C=O) groups is 1. The van der Waals surface area contributed by atoms with Gasteiger partial charge < -0.3 is 14.9 Å². The van der Waals surface area contributed by atoms with Crippen LogP contribution in [0, 0.1) is 0 Å². The van der Waals surface area contributed by atoms with Crippen LogP contribution in [-0.2, 0) is 14.4 Å². The molecular formula is C18H30N2O3. The summed E-state index contributed by atoms with van der Waals surface area (Å²) in [7, 11) is 1.97. The third-order valence-corrected chi connectivity index (χ3v) is 3.70. The average Bonchev–Trinajstić information content (AvgIpc) is 2.84. The predicted octanol–water partition coefficient (Wildman–Crippen LogP) is 3.66. The monoisotopic (exact) mass is 322 g/mol. The first-order valence-corrected chi connectivity index (χ1v) is 8.36. The number of ether oxygens (including phenoxy) is 1. The fourth-order valence-electron chi connectivity index (χ4n) is 2.28. The summed E-state index contributed by atoms with van der Waals surface area (Å²) in [5.41, 5.74) is 1.55. The summed E-state index contributed by atoms with van der Waals surface area (Å²) in [6, 6.07) is 0. The maximum Gasteiger partial charge on any atom is 0.333 e. The molecule has 1 saturated heterocycles. The molecule has 1 N–H and O–H groups in total. The van der Waals surface area contributed by atoms with E-state index in [4.69, 9.17) is 9.57 Å². The van der Waals surface area contributed by atoms with Gasteiger partial charge in [-0.15, -0.1) is 0 Å². The van der Waals surface area contributed by atoms with Gasteiger partial charge in [-0.2, -0.15) is 5.06 Å². The molecule has 5 heteroatoms. The first kappa shape index (κ1) is 19.3. The van der Waals surface area contributed by atoms with E-state index in [-0.39, 0.29) is 12.4 Å². The molecule has 130 valence electrons. The summed E-state index contributed by atoms with van der Waals surface area (Å²) in [4.78, 5) is 17.1. The summed E-state index contributed by atoms with van der Waals surface area (Å²) in [6.07, 6.45) is 6.86. The molecule has 0 aromatic carbocycles. The van der Waals surface area contributed by atoms with E-state index in [1.54, 1.807) is 0 Å². The van der Waals surface area contributed by atoms with E-state index in [9.17, 15) is 4.79 Å². The van der Waals surface area contributed by atoms with E-state index in [0.29, 0.717) is 18.8 Å². The number of allylic oxidation sites excluding steroid dienone is 3. The first-order valence-electron chi connectivity index (χ1n) is 8.36. The highest BCUT2D eigenvalue weighted by atomic mass is 16.7. The molecule has 23 heavy (non-hydrogen) atoms. The van der Waals surface area contributed by atoms with Crippen LogP contribution < -0.4 is 5.32 Å². The lowest BCUT2D eigenvalue weighted by Crippen LogP contribution is -2.21. The zero-order chi connectivity index (χ0) is 17.1. The molecule has 1 aliphatic heterocycles. The van der Waals surface area contributed by atoms with E-state index in [2.05, 4.69) is 25.1 Å². The highest BCUT2D eigenvalue weighted by Crippen LogP contribution is 2.28. The molecular weight excluding hydrogens is 292 g/mol. The fourth-order valence-corrected chi connectivity index (χ4v) is 2.28. The zero-order valence-corrected chi connectivity index (χ0v) is 14.4. The number of nitrogens with zero attached hydrogens (tertiary/aromatic N) is 1. The van der Waals surface area contributed by atoms with Gasteiger partial charge in [-0.05, 0) is 39.3 Å². The smallest absolute Gasteiger partial charge is 0.333 e. The Morgan fingerprint density at radius 2 is 1.78 bits per heavy atom. The Morgan fingerprint density at radius 1 is 1.13 bits per heavy atom. The highest BCUT2D eigenvalue weighted by Gasteiger charge is 2.23. The zero-order valence-electron chi connectivity index (χ0n) is 14.4.